The summed E-state index contributed by atoms with van der Waals surface area (Å²) >= 11 is 5.15. The zero-order valence-corrected chi connectivity index (χ0v) is 11.7. The van der Waals surface area contributed by atoms with Gasteiger partial charge in [0.05, 0.1) is 6.61 Å². The van der Waals surface area contributed by atoms with Gasteiger partial charge in [-0.3, -0.25) is 0 Å². The largest absolute Gasteiger partial charge is 0.494 e. The van der Waals surface area contributed by atoms with Crippen LogP contribution in [0.1, 0.15) is 18.0 Å². The maximum absolute atomic E-state index is 6.10. The SMILES string of the molecule is NC(CCOc1ccccc1)c1cscc1Br. The molecule has 1 heterocycles. The quantitative estimate of drug-likeness (QED) is 0.906. The zero-order chi connectivity index (χ0) is 12.1. The van der Waals surface area contributed by atoms with E-state index in [1.54, 1.807) is 11.3 Å². The third-order valence-electron chi connectivity index (χ3n) is 2.48. The second-order valence-corrected chi connectivity index (χ2v) is 5.33. The lowest BCUT2D eigenvalue weighted by Crippen LogP contribution is -2.13. The van der Waals surface area contributed by atoms with E-state index in [4.69, 9.17) is 10.5 Å². The second-order valence-electron chi connectivity index (χ2n) is 3.73. The molecule has 90 valence electrons. The number of para-hydroxylation sites is 1. The van der Waals surface area contributed by atoms with Crippen molar-refractivity contribution in [1.29, 1.82) is 0 Å². The molecule has 0 saturated carbocycles. The van der Waals surface area contributed by atoms with E-state index in [1.165, 1.54) is 0 Å². The third-order valence-corrected chi connectivity index (χ3v) is 4.23. The molecule has 2 aromatic rings. The van der Waals surface area contributed by atoms with E-state index >= 15 is 0 Å². The minimum atomic E-state index is 0.0272. The van der Waals surface area contributed by atoms with Gasteiger partial charge in [-0.1, -0.05) is 18.2 Å². The maximum atomic E-state index is 6.10. The van der Waals surface area contributed by atoms with Gasteiger partial charge in [-0.15, -0.1) is 0 Å². The number of ether oxygens (including phenoxy) is 1. The van der Waals surface area contributed by atoms with Gasteiger partial charge < -0.3 is 10.5 Å². The number of hydrogen-bond donors (Lipinski definition) is 1. The Morgan fingerprint density at radius 3 is 2.65 bits per heavy atom. The van der Waals surface area contributed by atoms with Crippen molar-refractivity contribution in [2.75, 3.05) is 6.61 Å². The van der Waals surface area contributed by atoms with Gasteiger partial charge in [0.2, 0.25) is 0 Å². The van der Waals surface area contributed by atoms with E-state index in [-0.39, 0.29) is 6.04 Å². The van der Waals surface area contributed by atoms with Crippen LogP contribution >= 0.6 is 27.3 Å². The molecule has 0 bridgehead atoms. The van der Waals surface area contributed by atoms with Crippen LogP contribution in [0, 0.1) is 0 Å². The first-order chi connectivity index (χ1) is 8.27. The fourth-order valence-corrected chi connectivity index (χ4v) is 3.19. The van der Waals surface area contributed by atoms with E-state index in [2.05, 4.69) is 21.3 Å². The molecular formula is C13H14BrNOS. The molecule has 1 aromatic carbocycles. The minimum absolute atomic E-state index is 0.0272. The average Bonchev–Trinajstić information content (AvgIpc) is 2.77. The van der Waals surface area contributed by atoms with Crippen LogP contribution in [0.3, 0.4) is 0 Å². The minimum Gasteiger partial charge on any atom is -0.494 e. The first-order valence-electron chi connectivity index (χ1n) is 5.42. The highest BCUT2D eigenvalue weighted by atomic mass is 79.9. The predicted molar refractivity (Wildman–Crippen MR) is 75.5 cm³/mol. The molecule has 2 nitrogen and oxygen atoms in total. The van der Waals surface area contributed by atoms with Crippen molar-refractivity contribution >= 4 is 27.3 Å². The van der Waals surface area contributed by atoms with Crippen LogP contribution in [0.2, 0.25) is 0 Å². The van der Waals surface area contributed by atoms with Gasteiger partial charge in [0, 0.05) is 22.3 Å². The molecule has 1 aromatic heterocycles. The topological polar surface area (TPSA) is 35.2 Å². The number of hydrogen-bond acceptors (Lipinski definition) is 3. The van der Waals surface area contributed by atoms with Crippen LogP contribution in [0.15, 0.2) is 45.6 Å². The molecule has 0 radical (unpaired) electrons. The number of halogens is 1. The van der Waals surface area contributed by atoms with Crippen molar-refractivity contribution < 1.29 is 4.74 Å². The fraction of sp³-hybridized carbons (Fsp3) is 0.231. The highest BCUT2D eigenvalue weighted by molar-refractivity contribution is 9.10. The molecular weight excluding hydrogens is 298 g/mol. The van der Waals surface area contributed by atoms with Crippen LogP contribution in [0.4, 0.5) is 0 Å². The first kappa shape index (κ1) is 12.6. The molecule has 17 heavy (non-hydrogen) atoms. The van der Waals surface area contributed by atoms with Crippen molar-refractivity contribution in [3.05, 3.63) is 51.1 Å². The van der Waals surface area contributed by atoms with E-state index in [0.717, 1.165) is 22.2 Å². The molecule has 0 amide bonds. The van der Waals surface area contributed by atoms with Crippen LogP contribution in [0.5, 0.6) is 5.75 Å². The predicted octanol–water partition coefficient (Wildman–Crippen LogP) is 3.98. The van der Waals surface area contributed by atoms with Crippen molar-refractivity contribution in [3.8, 4) is 5.75 Å². The van der Waals surface area contributed by atoms with Crippen LogP contribution in [-0.4, -0.2) is 6.61 Å². The smallest absolute Gasteiger partial charge is 0.119 e. The van der Waals surface area contributed by atoms with Gasteiger partial charge in [0.1, 0.15) is 5.75 Å². The normalized spacial score (nSPS) is 12.4. The fourth-order valence-electron chi connectivity index (χ4n) is 1.53. The number of benzene rings is 1. The Balaban J connectivity index is 1.81. The van der Waals surface area contributed by atoms with Crippen LogP contribution in [0.25, 0.3) is 0 Å². The van der Waals surface area contributed by atoms with Crippen molar-refractivity contribution in [2.24, 2.45) is 5.73 Å². The lowest BCUT2D eigenvalue weighted by molar-refractivity contribution is 0.298. The Bertz CT molecular complexity index is 457. The molecule has 2 N–H and O–H groups in total. The van der Waals surface area contributed by atoms with Crippen molar-refractivity contribution in [1.82, 2.24) is 0 Å². The Kier molecular flexibility index (Phi) is 4.59. The first-order valence-corrected chi connectivity index (χ1v) is 7.16. The molecule has 0 aliphatic carbocycles. The summed E-state index contributed by atoms with van der Waals surface area (Å²) in [5.41, 5.74) is 7.26. The summed E-state index contributed by atoms with van der Waals surface area (Å²) in [7, 11) is 0. The van der Waals surface area contributed by atoms with E-state index < -0.39 is 0 Å². The zero-order valence-electron chi connectivity index (χ0n) is 9.30. The molecule has 0 fully saturated rings. The van der Waals surface area contributed by atoms with Crippen LogP contribution in [-0.2, 0) is 0 Å². The molecule has 0 aliphatic heterocycles. The van der Waals surface area contributed by atoms with Crippen LogP contribution < -0.4 is 10.5 Å². The summed E-state index contributed by atoms with van der Waals surface area (Å²) in [4.78, 5) is 0. The molecule has 2 rings (SSSR count). The Morgan fingerprint density at radius 2 is 2.00 bits per heavy atom. The lowest BCUT2D eigenvalue weighted by Gasteiger charge is -2.12. The monoisotopic (exact) mass is 311 g/mol. The molecule has 0 spiro atoms. The summed E-state index contributed by atoms with van der Waals surface area (Å²) < 4.78 is 6.71. The Hall–Kier alpha value is -0.840. The second kappa shape index (κ2) is 6.19. The number of nitrogens with two attached hydrogens (primary N) is 1. The van der Waals surface area contributed by atoms with E-state index in [1.807, 2.05) is 35.7 Å². The number of thiophene rings is 1. The highest BCUT2D eigenvalue weighted by Crippen LogP contribution is 2.27. The van der Waals surface area contributed by atoms with Crippen molar-refractivity contribution in [2.45, 2.75) is 12.5 Å². The summed E-state index contributed by atoms with van der Waals surface area (Å²) in [5, 5.41) is 4.13. The lowest BCUT2D eigenvalue weighted by atomic mass is 10.1. The summed E-state index contributed by atoms with van der Waals surface area (Å²) in [6.45, 7) is 0.632. The van der Waals surface area contributed by atoms with E-state index in [9.17, 15) is 0 Å². The Morgan fingerprint density at radius 1 is 1.24 bits per heavy atom. The van der Waals surface area contributed by atoms with Gasteiger partial charge in [-0.25, -0.2) is 0 Å². The summed E-state index contributed by atoms with van der Waals surface area (Å²) in [6, 6.07) is 9.83. The van der Waals surface area contributed by atoms with Crippen molar-refractivity contribution in [3.63, 3.8) is 0 Å². The van der Waals surface area contributed by atoms with E-state index in [0.29, 0.717) is 6.61 Å². The molecule has 1 atom stereocenters. The molecule has 4 heteroatoms. The third kappa shape index (κ3) is 3.56. The highest BCUT2D eigenvalue weighted by Gasteiger charge is 2.10. The summed E-state index contributed by atoms with van der Waals surface area (Å²) in [6.07, 6.45) is 0.810. The maximum Gasteiger partial charge on any atom is 0.119 e. The molecule has 0 saturated heterocycles. The number of rotatable bonds is 5. The average molecular weight is 312 g/mol. The van der Waals surface area contributed by atoms with Gasteiger partial charge in [0.15, 0.2) is 0 Å². The summed E-state index contributed by atoms with van der Waals surface area (Å²) in [5.74, 6) is 0.893. The molecule has 0 aliphatic rings. The Labute approximate surface area is 114 Å². The molecule has 1 unspecified atom stereocenters. The van der Waals surface area contributed by atoms with Gasteiger partial charge in [-0.05, 0) is 39.0 Å². The van der Waals surface area contributed by atoms with Gasteiger partial charge in [-0.2, -0.15) is 11.3 Å². The van der Waals surface area contributed by atoms with Gasteiger partial charge >= 0.3 is 0 Å². The standard InChI is InChI=1S/C13H14BrNOS/c14-12-9-17-8-11(12)13(15)6-7-16-10-4-2-1-3-5-10/h1-5,8-9,13H,6-7,15H2. The van der Waals surface area contributed by atoms with Gasteiger partial charge in [0.25, 0.3) is 0 Å².